The zero-order chi connectivity index (χ0) is 14.3. The second kappa shape index (κ2) is 4.49. The molecule has 0 saturated heterocycles. The van der Waals surface area contributed by atoms with Gasteiger partial charge in [0.25, 0.3) is 0 Å². The van der Waals surface area contributed by atoms with Gasteiger partial charge in [-0.3, -0.25) is 0 Å². The van der Waals surface area contributed by atoms with Crippen molar-refractivity contribution in [2.45, 2.75) is 13.3 Å². The van der Waals surface area contributed by atoms with E-state index in [1.807, 2.05) is 13.0 Å². The van der Waals surface area contributed by atoms with Crippen LogP contribution in [0, 0.1) is 0 Å². The highest BCUT2D eigenvalue weighted by Crippen LogP contribution is 2.45. The summed E-state index contributed by atoms with van der Waals surface area (Å²) in [5, 5.41) is 28.8. The van der Waals surface area contributed by atoms with Crippen molar-refractivity contribution in [3.63, 3.8) is 0 Å². The molecule has 4 heteroatoms. The number of allylic oxidation sites excluding steroid dienone is 2. The molecule has 0 aliphatic carbocycles. The molecular weight excluding hydrogens is 256 g/mol. The molecule has 20 heavy (non-hydrogen) atoms. The van der Waals surface area contributed by atoms with Crippen LogP contribution in [-0.4, -0.2) is 15.3 Å². The van der Waals surface area contributed by atoms with Crippen molar-refractivity contribution in [3.05, 3.63) is 53.3 Å². The van der Waals surface area contributed by atoms with Crippen molar-refractivity contribution >= 4 is 5.57 Å². The number of hydrogen-bond donors (Lipinski definition) is 3. The van der Waals surface area contributed by atoms with Gasteiger partial charge in [0.2, 0.25) is 5.75 Å². The van der Waals surface area contributed by atoms with Gasteiger partial charge in [-0.1, -0.05) is 18.2 Å². The molecule has 3 N–H and O–H groups in total. The third-order valence-electron chi connectivity index (χ3n) is 3.47. The van der Waals surface area contributed by atoms with Crippen LogP contribution in [0.2, 0.25) is 0 Å². The second-order valence-electron chi connectivity index (χ2n) is 4.80. The van der Waals surface area contributed by atoms with Crippen LogP contribution in [0.15, 0.2) is 42.2 Å². The van der Waals surface area contributed by atoms with E-state index >= 15 is 0 Å². The molecule has 102 valence electrons. The van der Waals surface area contributed by atoms with Gasteiger partial charge >= 0.3 is 0 Å². The third-order valence-corrected chi connectivity index (χ3v) is 3.47. The first-order valence-electron chi connectivity index (χ1n) is 6.27. The SMILES string of the molecule is CC(=C1Cc2ccc(O)c(O)c2O1)c1cccc(O)c1. The van der Waals surface area contributed by atoms with E-state index in [1.165, 1.54) is 6.07 Å². The number of rotatable bonds is 1. The fourth-order valence-corrected chi connectivity index (χ4v) is 2.30. The van der Waals surface area contributed by atoms with E-state index in [1.54, 1.807) is 24.3 Å². The van der Waals surface area contributed by atoms with Gasteiger partial charge in [0.05, 0.1) is 0 Å². The Labute approximate surface area is 116 Å². The minimum Gasteiger partial charge on any atom is -0.508 e. The zero-order valence-corrected chi connectivity index (χ0v) is 10.9. The van der Waals surface area contributed by atoms with Crippen LogP contribution in [0.1, 0.15) is 18.1 Å². The van der Waals surface area contributed by atoms with Gasteiger partial charge in [0.1, 0.15) is 11.5 Å². The highest BCUT2D eigenvalue weighted by Gasteiger charge is 2.24. The predicted molar refractivity (Wildman–Crippen MR) is 74.8 cm³/mol. The van der Waals surface area contributed by atoms with Gasteiger partial charge in [-0.15, -0.1) is 0 Å². The summed E-state index contributed by atoms with van der Waals surface area (Å²) in [5.74, 6) is 0.769. The van der Waals surface area contributed by atoms with Gasteiger partial charge in [0, 0.05) is 12.0 Å². The lowest BCUT2D eigenvalue weighted by molar-refractivity contribution is 0.367. The van der Waals surface area contributed by atoms with E-state index in [-0.39, 0.29) is 17.2 Å². The van der Waals surface area contributed by atoms with E-state index in [9.17, 15) is 15.3 Å². The Bertz CT molecular complexity index is 716. The molecule has 4 nitrogen and oxygen atoms in total. The minimum atomic E-state index is -0.235. The van der Waals surface area contributed by atoms with E-state index in [2.05, 4.69) is 0 Å². The number of phenols is 3. The van der Waals surface area contributed by atoms with Crippen LogP contribution in [0.5, 0.6) is 23.0 Å². The van der Waals surface area contributed by atoms with Crippen molar-refractivity contribution in [1.29, 1.82) is 0 Å². The van der Waals surface area contributed by atoms with E-state index in [4.69, 9.17) is 4.74 Å². The number of hydrogen-bond acceptors (Lipinski definition) is 4. The summed E-state index contributed by atoms with van der Waals surface area (Å²) in [4.78, 5) is 0. The second-order valence-corrected chi connectivity index (χ2v) is 4.80. The first-order valence-corrected chi connectivity index (χ1v) is 6.27. The monoisotopic (exact) mass is 270 g/mol. The fourth-order valence-electron chi connectivity index (χ4n) is 2.30. The number of aromatic hydroxyl groups is 3. The summed E-state index contributed by atoms with van der Waals surface area (Å²) in [6, 6.07) is 10.1. The molecule has 0 atom stereocenters. The van der Waals surface area contributed by atoms with Gasteiger partial charge in [-0.25, -0.2) is 0 Å². The Morgan fingerprint density at radius 2 is 1.90 bits per heavy atom. The quantitative estimate of drug-likeness (QED) is 0.696. The predicted octanol–water partition coefficient (Wildman–Crippen LogP) is 3.17. The zero-order valence-electron chi connectivity index (χ0n) is 10.9. The van der Waals surface area contributed by atoms with Crippen molar-refractivity contribution in [2.75, 3.05) is 0 Å². The first kappa shape index (κ1) is 12.4. The molecule has 2 aromatic rings. The summed E-state index contributed by atoms with van der Waals surface area (Å²) in [5.41, 5.74) is 2.57. The van der Waals surface area contributed by atoms with Crippen LogP contribution in [0.25, 0.3) is 5.57 Å². The minimum absolute atomic E-state index is 0.193. The molecule has 0 spiro atoms. The largest absolute Gasteiger partial charge is 0.508 e. The van der Waals surface area contributed by atoms with Crippen LogP contribution in [0.4, 0.5) is 0 Å². The van der Waals surface area contributed by atoms with Crippen molar-refractivity contribution < 1.29 is 20.1 Å². The summed E-state index contributed by atoms with van der Waals surface area (Å²) in [6.07, 6.45) is 0.546. The molecule has 1 aliphatic rings. The van der Waals surface area contributed by atoms with Gasteiger partial charge in [-0.2, -0.15) is 0 Å². The molecule has 2 aromatic carbocycles. The topological polar surface area (TPSA) is 69.9 Å². The van der Waals surface area contributed by atoms with Gasteiger partial charge < -0.3 is 20.1 Å². The molecular formula is C16H14O4. The lowest BCUT2D eigenvalue weighted by Gasteiger charge is -2.07. The van der Waals surface area contributed by atoms with Crippen molar-refractivity contribution in [3.8, 4) is 23.0 Å². The lowest BCUT2D eigenvalue weighted by atomic mass is 10.0. The van der Waals surface area contributed by atoms with E-state index in [0.717, 1.165) is 16.7 Å². The van der Waals surface area contributed by atoms with Crippen molar-refractivity contribution in [1.82, 2.24) is 0 Å². The standard InChI is InChI=1S/C16H14O4/c1-9(10-3-2-4-12(17)7-10)14-8-11-5-6-13(18)15(19)16(11)20-14/h2-7,17-19H,8H2,1H3. The molecule has 0 bridgehead atoms. The molecule has 0 radical (unpaired) electrons. The highest BCUT2D eigenvalue weighted by atomic mass is 16.5. The molecule has 0 aromatic heterocycles. The molecule has 1 aliphatic heterocycles. The summed E-state index contributed by atoms with van der Waals surface area (Å²) < 4.78 is 5.66. The number of phenolic OH excluding ortho intramolecular Hbond substituents is 3. The molecule has 3 rings (SSSR count). The van der Waals surface area contributed by atoms with Crippen molar-refractivity contribution in [2.24, 2.45) is 0 Å². The van der Waals surface area contributed by atoms with E-state index in [0.29, 0.717) is 17.9 Å². The lowest BCUT2D eigenvalue weighted by Crippen LogP contribution is -1.93. The summed E-state index contributed by atoms with van der Waals surface area (Å²) in [7, 11) is 0. The molecule has 0 fully saturated rings. The highest BCUT2D eigenvalue weighted by molar-refractivity contribution is 5.70. The van der Waals surface area contributed by atoms with Crippen LogP contribution >= 0.6 is 0 Å². The maximum atomic E-state index is 9.80. The van der Waals surface area contributed by atoms with Crippen LogP contribution in [0.3, 0.4) is 0 Å². The normalized spacial score (nSPS) is 15.7. The Morgan fingerprint density at radius 1 is 1.10 bits per heavy atom. The average molecular weight is 270 g/mol. The Balaban J connectivity index is 2.02. The first-order chi connectivity index (χ1) is 9.56. The van der Waals surface area contributed by atoms with Crippen LogP contribution in [-0.2, 0) is 6.42 Å². The Kier molecular flexibility index (Phi) is 2.79. The number of ether oxygens (including phenoxy) is 1. The molecule has 1 heterocycles. The average Bonchev–Trinajstić information content (AvgIpc) is 2.87. The van der Waals surface area contributed by atoms with E-state index < -0.39 is 0 Å². The Morgan fingerprint density at radius 3 is 2.65 bits per heavy atom. The maximum Gasteiger partial charge on any atom is 0.201 e. The van der Waals surface area contributed by atoms with Gasteiger partial charge in [0.15, 0.2) is 11.5 Å². The maximum absolute atomic E-state index is 9.80. The van der Waals surface area contributed by atoms with Crippen LogP contribution < -0.4 is 4.74 Å². The molecule has 0 amide bonds. The number of fused-ring (bicyclic) bond motifs is 1. The molecule has 0 saturated carbocycles. The van der Waals surface area contributed by atoms with Gasteiger partial charge in [-0.05, 0) is 36.3 Å². The third kappa shape index (κ3) is 1.95. The molecule has 0 unspecified atom stereocenters. The Hall–Kier alpha value is -2.62. The fraction of sp³-hybridized carbons (Fsp3) is 0.125. The summed E-state index contributed by atoms with van der Waals surface area (Å²) >= 11 is 0. The smallest absolute Gasteiger partial charge is 0.201 e. The number of benzene rings is 2. The summed E-state index contributed by atoms with van der Waals surface area (Å²) in [6.45, 7) is 1.90.